The summed E-state index contributed by atoms with van der Waals surface area (Å²) in [6, 6.07) is -0.969. The monoisotopic (exact) mass is 1270 g/mol. The number of rotatable bonds is 41. The lowest BCUT2D eigenvalue weighted by molar-refractivity contribution is -0.142. The number of nitrogens with one attached hydrogen (secondary N) is 11. The summed E-state index contributed by atoms with van der Waals surface area (Å²) >= 11 is 0. The van der Waals surface area contributed by atoms with Gasteiger partial charge in [0.1, 0.15) is 59.8 Å². The molecule has 0 radical (unpaired) electrons. The Kier molecular flexibility index (Phi) is 33.4. The third-order valence-corrected chi connectivity index (χ3v) is 13.7. The first-order valence-corrected chi connectivity index (χ1v) is 30.0. The fraction of sp³-hybridized carbons (Fsp3) is 0.583. The molecule has 30 heteroatoms. The van der Waals surface area contributed by atoms with Crippen LogP contribution in [0.4, 0.5) is 0 Å². The number of hydrogen-bond donors (Lipinski definition) is 18. The molecule has 9 atom stereocenters. The zero-order valence-electron chi connectivity index (χ0n) is 52.4. The lowest BCUT2D eigenvalue weighted by atomic mass is 9.99. The number of aromatic hydroxyl groups is 2. The summed E-state index contributed by atoms with van der Waals surface area (Å²) in [4.78, 5) is 162. The second-order valence-electron chi connectivity index (χ2n) is 23.9. The molecule has 0 aromatic heterocycles. The van der Waals surface area contributed by atoms with E-state index in [2.05, 4.69) is 53.2 Å². The van der Waals surface area contributed by atoms with Crippen molar-refractivity contribution in [1.29, 1.82) is 5.41 Å². The highest BCUT2D eigenvalue weighted by Crippen LogP contribution is 2.16. The highest BCUT2D eigenvalue weighted by molar-refractivity contribution is 5.98. The number of phenols is 2. The van der Waals surface area contributed by atoms with E-state index < -0.39 is 158 Å². The predicted octanol–water partition coefficient (Wildman–Crippen LogP) is -1.13. The van der Waals surface area contributed by atoms with Crippen molar-refractivity contribution in [2.24, 2.45) is 40.9 Å². The quantitative estimate of drug-likeness (QED) is 0.0213. The number of guanidine groups is 1. The first-order chi connectivity index (χ1) is 42.1. The number of benzene rings is 2. The van der Waals surface area contributed by atoms with E-state index in [1.807, 2.05) is 13.8 Å². The van der Waals surface area contributed by atoms with Crippen LogP contribution in [0.15, 0.2) is 48.5 Å². The van der Waals surface area contributed by atoms with Crippen LogP contribution in [0.5, 0.6) is 11.5 Å². The average molecular weight is 1270 g/mol. The van der Waals surface area contributed by atoms with Crippen LogP contribution in [0.1, 0.15) is 131 Å². The van der Waals surface area contributed by atoms with Gasteiger partial charge in [-0.2, -0.15) is 0 Å². The molecule has 0 aliphatic rings. The third kappa shape index (κ3) is 30.7. The number of primary amides is 1. The number of carboxylic acid groups (broad SMARTS) is 2. The predicted molar refractivity (Wildman–Crippen MR) is 330 cm³/mol. The van der Waals surface area contributed by atoms with Gasteiger partial charge in [0.2, 0.25) is 59.1 Å². The minimum Gasteiger partial charge on any atom is -0.508 e. The average Bonchev–Trinajstić information content (AvgIpc) is 1.15. The number of amides is 10. The summed E-state index contributed by atoms with van der Waals surface area (Å²) in [6.45, 7) is 13.5. The van der Waals surface area contributed by atoms with Crippen LogP contribution in [-0.4, -0.2) is 165 Å². The van der Waals surface area contributed by atoms with Gasteiger partial charge in [0.25, 0.3) is 0 Å². The Labute approximate surface area is 523 Å². The summed E-state index contributed by atoms with van der Waals surface area (Å²) in [5, 5.41) is 71.9. The number of carbonyl (C=O) groups is 12. The van der Waals surface area contributed by atoms with E-state index in [0.717, 1.165) is 0 Å². The van der Waals surface area contributed by atoms with Gasteiger partial charge in [-0.25, -0.2) is 4.79 Å². The van der Waals surface area contributed by atoms with E-state index in [1.54, 1.807) is 53.7 Å². The van der Waals surface area contributed by atoms with Gasteiger partial charge in [-0.05, 0) is 117 Å². The zero-order chi connectivity index (χ0) is 67.9. The lowest BCUT2D eigenvalue weighted by Gasteiger charge is -2.29. The summed E-state index contributed by atoms with van der Waals surface area (Å²) < 4.78 is 0. The smallest absolute Gasteiger partial charge is 0.326 e. The van der Waals surface area contributed by atoms with Crippen LogP contribution < -0.4 is 70.4 Å². The molecule has 9 unspecified atom stereocenters. The molecule has 2 rings (SSSR count). The zero-order valence-corrected chi connectivity index (χ0v) is 52.4. The molecule has 0 fully saturated rings. The summed E-state index contributed by atoms with van der Waals surface area (Å²) in [6.07, 6.45) is -2.20. The van der Waals surface area contributed by atoms with Crippen molar-refractivity contribution >= 4 is 77.0 Å². The van der Waals surface area contributed by atoms with Gasteiger partial charge in [0.15, 0.2) is 5.96 Å². The summed E-state index contributed by atoms with van der Waals surface area (Å²) in [5.41, 5.74) is 18.0. The second-order valence-corrected chi connectivity index (χ2v) is 23.9. The minimum absolute atomic E-state index is 0.0218. The van der Waals surface area contributed by atoms with Crippen LogP contribution in [-0.2, 0) is 70.4 Å². The molecule has 0 spiro atoms. The number of hydrogen-bond acceptors (Lipinski definition) is 16. The van der Waals surface area contributed by atoms with Crippen molar-refractivity contribution in [1.82, 2.24) is 53.2 Å². The van der Waals surface area contributed by atoms with Gasteiger partial charge in [-0.15, -0.1) is 0 Å². The van der Waals surface area contributed by atoms with E-state index in [1.165, 1.54) is 36.4 Å². The van der Waals surface area contributed by atoms with Crippen LogP contribution in [0.25, 0.3) is 0 Å². The molecular weight excluding hydrogens is 1170 g/mol. The maximum atomic E-state index is 14.4. The van der Waals surface area contributed by atoms with Crippen molar-refractivity contribution in [2.75, 3.05) is 13.1 Å². The number of carboxylic acids is 2. The van der Waals surface area contributed by atoms with Gasteiger partial charge in [-0.3, -0.25) is 58.1 Å². The fourth-order valence-electron chi connectivity index (χ4n) is 9.19. The highest BCUT2D eigenvalue weighted by atomic mass is 16.4. The molecule has 90 heavy (non-hydrogen) atoms. The van der Waals surface area contributed by atoms with E-state index in [-0.39, 0.29) is 99.0 Å². The fourth-order valence-corrected chi connectivity index (χ4v) is 9.19. The van der Waals surface area contributed by atoms with Crippen molar-refractivity contribution in [3.05, 3.63) is 59.7 Å². The van der Waals surface area contributed by atoms with Gasteiger partial charge in [0.05, 0.1) is 12.6 Å². The largest absolute Gasteiger partial charge is 0.508 e. The normalized spacial score (nSPS) is 14.2. The molecule has 0 bridgehead atoms. The third-order valence-electron chi connectivity index (χ3n) is 13.7. The molecule has 500 valence electrons. The van der Waals surface area contributed by atoms with Crippen molar-refractivity contribution in [2.45, 2.75) is 187 Å². The number of aliphatic carboxylic acids is 2. The standard InChI is InChI=1S/C60H94N14O16/c1-31(2)24-43(71-51(81)39(61)28-35-11-15-37(75)16-12-35)52(82)66-30-49(78)67-47(29-36-13-17-38(76)18-14-36)58(88)74-44(25-32(3)4)55(85)69-41(20-22-50(79)80)53(83)68-40(19-21-48(62)77)54(84)72-46(27-34(7)8)57(87)73-45(26-33(5)6)56(86)70-42(59(89)90)10-9-23-65-60(63)64/h11-18,31-34,39-47,75-76H,9-10,19-30,61H2,1-8H3,(H2,62,77)(H,66,82)(H,67,78)(H,68,83)(H,69,85)(H,70,86)(H,71,81)(H,72,84)(H,73,87)(H,74,88)(H,79,80)(H,89,90)(H4,63,64,65). The van der Waals surface area contributed by atoms with E-state index >= 15 is 0 Å². The topological polar surface area (TPSA) is 508 Å². The summed E-state index contributed by atoms with van der Waals surface area (Å²) in [5.74, 6) is -13.1. The Balaban J connectivity index is 2.43. The number of nitrogens with two attached hydrogens (primary N) is 3. The van der Waals surface area contributed by atoms with Crippen LogP contribution in [0.2, 0.25) is 0 Å². The lowest BCUT2D eigenvalue weighted by Crippen LogP contribution is -2.60. The van der Waals surface area contributed by atoms with Crippen LogP contribution in [0, 0.1) is 29.1 Å². The molecular formula is C60H94N14O16. The molecule has 2 aromatic rings. The minimum atomic E-state index is -1.73. The van der Waals surface area contributed by atoms with E-state index in [0.29, 0.717) is 11.1 Å². The Hall–Kier alpha value is -9.09. The first-order valence-electron chi connectivity index (χ1n) is 30.0. The van der Waals surface area contributed by atoms with Crippen LogP contribution in [0.3, 0.4) is 0 Å². The van der Waals surface area contributed by atoms with Gasteiger partial charge in [-0.1, -0.05) is 79.7 Å². The van der Waals surface area contributed by atoms with Crippen molar-refractivity contribution < 1.29 is 78.0 Å². The molecule has 21 N–H and O–H groups in total. The van der Waals surface area contributed by atoms with E-state index in [4.69, 9.17) is 22.6 Å². The SMILES string of the molecule is CC(C)CC(NC(=O)C(N)Cc1ccc(O)cc1)C(=O)NCC(=O)NC(Cc1ccc(O)cc1)C(=O)NC(CC(C)C)C(=O)NC(CCC(=O)O)C(=O)NC(CCC(N)=O)C(=O)NC(CC(C)C)C(=O)NC(CC(C)C)C(=O)NC(CCCNC(=N)N)C(=O)O. The maximum absolute atomic E-state index is 14.4. The molecule has 0 saturated carbocycles. The van der Waals surface area contributed by atoms with E-state index in [9.17, 15) is 78.0 Å². The number of phenolic OH excluding ortho intramolecular Hbond substituents is 2. The molecule has 0 aliphatic heterocycles. The van der Waals surface area contributed by atoms with Gasteiger partial charge in [0, 0.05) is 25.8 Å². The molecule has 0 saturated heterocycles. The van der Waals surface area contributed by atoms with Crippen molar-refractivity contribution in [3.8, 4) is 11.5 Å². The molecule has 2 aromatic carbocycles. The summed E-state index contributed by atoms with van der Waals surface area (Å²) in [7, 11) is 0. The van der Waals surface area contributed by atoms with Crippen LogP contribution >= 0.6 is 0 Å². The Morgan fingerprint density at radius 3 is 1.18 bits per heavy atom. The Morgan fingerprint density at radius 2 is 0.789 bits per heavy atom. The Bertz CT molecular complexity index is 2760. The highest BCUT2D eigenvalue weighted by Gasteiger charge is 2.36. The Morgan fingerprint density at radius 1 is 0.433 bits per heavy atom. The van der Waals surface area contributed by atoms with Gasteiger partial charge < -0.3 is 90.8 Å². The second kappa shape index (κ2) is 39.0. The molecule has 0 heterocycles. The molecule has 30 nitrogen and oxygen atoms in total. The first kappa shape index (κ1) is 77.0. The number of carbonyl (C=O) groups excluding carboxylic acids is 10. The molecule has 0 aliphatic carbocycles. The maximum Gasteiger partial charge on any atom is 0.326 e. The van der Waals surface area contributed by atoms with Gasteiger partial charge >= 0.3 is 11.9 Å². The van der Waals surface area contributed by atoms with Crippen molar-refractivity contribution in [3.63, 3.8) is 0 Å². The molecule has 10 amide bonds.